The molecule has 0 saturated carbocycles. The molecule has 0 aliphatic heterocycles. The zero-order valence-corrected chi connectivity index (χ0v) is 12.1. The van der Waals surface area contributed by atoms with E-state index in [2.05, 4.69) is 6.92 Å². The molecule has 0 aliphatic carbocycles. The van der Waals surface area contributed by atoms with E-state index in [1.54, 1.807) is 25.1 Å². The monoisotopic (exact) mass is 267 g/mol. The van der Waals surface area contributed by atoms with Crippen LogP contribution in [0.5, 0.6) is 0 Å². The number of amides is 1. The molecule has 4 heteroatoms. The SMILES string of the molecule is CCCCS(=O)Cc1cccc(C(=O)N(C)C)c1. The summed E-state index contributed by atoms with van der Waals surface area (Å²) in [5.41, 5.74) is 1.63. The van der Waals surface area contributed by atoms with E-state index in [1.165, 1.54) is 0 Å². The number of carbonyl (C=O) groups is 1. The summed E-state index contributed by atoms with van der Waals surface area (Å²) in [6.45, 7) is 2.09. The van der Waals surface area contributed by atoms with E-state index in [-0.39, 0.29) is 5.91 Å². The van der Waals surface area contributed by atoms with Gasteiger partial charge in [-0.3, -0.25) is 9.00 Å². The normalized spacial score (nSPS) is 12.2. The van der Waals surface area contributed by atoms with Crippen molar-refractivity contribution in [3.63, 3.8) is 0 Å². The first-order valence-corrected chi connectivity index (χ1v) is 7.69. The Hall–Kier alpha value is -1.16. The summed E-state index contributed by atoms with van der Waals surface area (Å²) in [5, 5.41) is 0. The Morgan fingerprint density at radius 1 is 1.33 bits per heavy atom. The molecule has 0 aliphatic rings. The van der Waals surface area contributed by atoms with Gasteiger partial charge in [0.15, 0.2) is 0 Å². The minimum Gasteiger partial charge on any atom is -0.345 e. The molecule has 0 radical (unpaired) electrons. The van der Waals surface area contributed by atoms with Crippen LogP contribution in [0.4, 0.5) is 0 Å². The van der Waals surface area contributed by atoms with Crippen molar-refractivity contribution in [3.05, 3.63) is 35.4 Å². The van der Waals surface area contributed by atoms with Crippen molar-refractivity contribution in [1.82, 2.24) is 4.90 Å². The number of rotatable bonds is 6. The van der Waals surface area contributed by atoms with Gasteiger partial charge in [0.05, 0.1) is 0 Å². The molecule has 0 heterocycles. The first-order valence-electron chi connectivity index (χ1n) is 6.20. The van der Waals surface area contributed by atoms with E-state index in [0.717, 1.165) is 24.2 Å². The number of unbranched alkanes of at least 4 members (excludes halogenated alkanes) is 1. The first-order chi connectivity index (χ1) is 8.54. The number of hydrogen-bond acceptors (Lipinski definition) is 2. The van der Waals surface area contributed by atoms with Crippen LogP contribution in [0.2, 0.25) is 0 Å². The number of carbonyl (C=O) groups excluding carboxylic acids is 1. The van der Waals surface area contributed by atoms with Gasteiger partial charge >= 0.3 is 0 Å². The molecule has 0 aromatic heterocycles. The van der Waals surface area contributed by atoms with E-state index < -0.39 is 10.8 Å². The van der Waals surface area contributed by atoms with Gasteiger partial charge in [-0.25, -0.2) is 0 Å². The molecule has 1 atom stereocenters. The highest BCUT2D eigenvalue weighted by Crippen LogP contribution is 2.10. The van der Waals surface area contributed by atoms with Gasteiger partial charge in [-0.2, -0.15) is 0 Å². The highest BCUT2D eigenvalue weighted by atomic mass is 32.2. The van der Waals surface area contributed by atoms with Crippen LogP contribution >= 0.6 is 0 Å². The zero-order valence-electron chi connectivity index (χ0n) is 11.3. The Balaban J connectivity index is 2.70. The van der Waals surface area contributed by atoms with Gasteiger partial charge in [0.25, 0.3) is 5.91 Å². The van der Waals surface area contributed by atoms with Crippen molar-refractivity contribution in [1.29, 1.82) is 0 Å². The lowest BCUT2D eigenvalue weighted by atomic mass is 10.1. The first kappa shape index (κ1) is 14.9. The molecule has 0 fully saturated rings. The van der Waals surface area contributed by atoms with Gasteiger partial charge in [0.1, 0.15) is 0 Å². The highest BCUT2D eigenvalue weighted by Gasteiger charge is 2.09. The zero-order chi connectivity index (χ0) is 13.5. The molecular formula is C14H21NO2S. The van der Waals surface area contributed by atoms with Crippen LogP contribution in [0.15, 0.2) is 24.3 Å². The quantitative estimate of drug-likeness (QED) is 0.794. The van der Waals surface area contributed by atoms with Gasteiger partial charge in [-0.05, 0) is 24.1 Å². The second-order valence-corrected chi connectivity index (χ2v) is 6.12. The molecule has 0 spiro atoms. The van der Waals surface area contributed by atoms with E-state index in [1.807, 2.05) is 18.2 Å². The second kappa shape index (κ2) is 7.31. The van der Waals surface area contributed by atoms with Crippen LogP contribution in [0, 0.1) is 0 Å². The maximum Gasteiger partial charge on any atom is 0.253 e. The van der Waals surface area contributed by atoms with Gasteiger partial charge < -0.3 is 4.90 Å². The van der Waals surface area contributed by atoms with Crippen molar-refractivity contribution >= 4 is 16.7 Å². The van der Waals surface area contributed by atoms with Crippen molar-refractivity contribution < 1.29 is 9.00 Å². The van der Waals surface area contributed by atoms with Crippen LogP contribution in [-0.2, 0) is 16.6 Å². The minimum absolute atomic E-state index is 0.0174. The average Bonchev–Trinajstić information content (AvgIpc) is 2.35. The van der Waals surface area contributed by atoms with Crippen molar-refractivity contribution in [3.8, 4) is 0 Å². The standard InChI is InChI=1S/C14H21NO2S/c1-4-5-9-18(17)11-12-7-6-8-13(10-12)14(16)15(2)3/h6-8,10H,4-5,9,11H2,1-3H3. The third-order valence-electron chi connectivity index (χ3n) is 2.63. The average molecular weight is 267 g/mol. The maximum absolute atomic E-state index is 11.8. The molecule has 1 unspecified atom stereocenters. The number of hydrogen-bond donors (Lipinski definition) is 0. The smallest absolute Gasteiger partial charge is 0.253 e. The fraction of sp³-hybridized carbons (Fsp3) is 0.500. The molecule has 3 nitrogen and oxygen atoms in total. The molecule has 1 aromatic carbocycles. The van der Waals surface area contributed by atoms with Crippen molar-refractivity contribution in [2.75, 3.05) is 19.8 Å². The number of benzene rings is 1. The molecule has 0 N–H and O–H groups in total. The number of nitrogens with zero attached hydrogens (tertiary/aromatic N) is 1. The van der Waals surface area contributed by atoms with Gasteiger partial charge in [-0.1, -0.05) is 25.5 Å². The van der Waals surface area contributed by atoms with Crippen LogP contribution in [0.1, 0.15) is 35.7 Å². The fourth-order valence-electron chi connectivity index (χ4n) is 1.62. The van der Waals surface area contributed by atoms with Crippen LogP contribution in [0.25, 0.3) is 0 Å². The predicted octanol–water partition coefficient (Wildman–Crippen LogP) is 2.44. The summed E-state index contributed by atoms with van der Waals surface area (Å²) in [6.07, 6.45) is 2.05. The summed E-state index contributed by atoms with van der Waals surface area (Å²) in [5.74, 6) is 1.26. The molecule has 1 rings (SSSR count). The van der Waals surface area contributed by atoms with Crippen LogP contribution in [-0.4, -0.2) is 34.9 Å². The maximum atomic E-state index is 11.8. The van der Waals surface area contributed by atoms with Gasteiger partial charge in [-0.15, -0.1) is 0 Å². The molecule has 0 saturated heterocycles. The second-order valence-electron chi connectivity index (χ2n) is 4.54. The summed E-state index contributed by atoms with van der Waals surface area (Å²) in [7, 11) is 2.63. The van der Waals surface area contributed by atoms with Crippen LogP contribution < -0.4 is 0 Å². The molecular weight excluding hydrogens is 246 g/mol. The Morgan fingerprint density at radius 3 is 2.67 bits per heavy atom. The molecule has 18 heavy (non-hydrogen) atoms. The lowest BCUT2D eigenvalue weighted by Gasteiger charge is -2.11. The third-order valence-corrected chi connectivity index (χ3v) is 4.03. The van der Waals surface area contributed by atoms with Crippen LogP contribution in [0.3, 0.4) is 0 Å². The summed E-state index contributed by atoms with van der Waals surface area (Å²) in [4.78, 5) is 13.4. The van der Waals surface area contributed by atoms with E-state index >= 15 is 0 Å². The Kier molecular flexibility index (Phi) is 6.05. The molecule has 0 bridgehead atoms. The summed E-state index contributed by atoms with van der Waals surface area (Å²) < 4.78 is 11.8. The fourth-order valence-corrected chi connectivity index (χ4v) is 2.92. The highest BCUT2D eigenvalue weighted by molar-refractivity contribution is 7.84. The summed E-state index contributed by atoms with van der Waals surface area (Å²) in [6, 6.07) is 7.41. The van der Waals surface area contributed by atoms with E-state index in [0.29, 0.717) is 11.3 Å². The predicted molar refractivity (Wildman–Crippen MR) is 76.1 cm³/mol. The van der Waals surface area contributed by atoms with Gasteiger partial charge in [0.2, 0.25) is 0 Å². The Labute approximate surface area is 112 Å². The minimum atomic E-state index is -0.828. The summed E-state index contributed by atoms with van der Waals surface area (Å²) >= 11 is 0. The molecule has 1 amide bonds. The lowest BCUT2D eigenvalue weighted by molar-refractivity contribution is 0.0827. The Morgan fingerprint density at radius 2 is 2.06 bits per heavy atom. The third kappa shape index (κ3) is 4.61. The van der Waals surface area contributed by atoms with Crippen molar-refractivity contribution in [2.24, 2.45) is 0 Å². The Bertz CT molecular complexity index is 430. The molecule has 1 aromatic rings. The largest absolute Gasteiger partial charge is 0.345 e. The van der Waals surface area contributed by atoms with Crippen molar-refractivity contribution in [2.45, 2.75) is 25.5 Å². The van der Waals surface area contributed by atoms with E-state index in [4.69, 9.17) is 0 Å². The van der Waals surface area contributed by atoms with Gasteiger partial charge in [0, 0.05) is 42.0 Å². The lowest BCUT2D eigenvalue weighted by Crippen LogP contribution is -2.21. The van der Waals surface area contributed by atoms with E-state index in [9.17, 15) is 9.00 Å². The molecule has 100 valence electrons. The topological polar surface area (TPSA) is 37.4 Å².